The van der Waals surface area contributed by atoms with E-state index in [1.54, 1.807) is 12.1 Å². The fourth-order valence-electron chi connectivity index (χ4n) is 1.95. The van der Waals surface area contributed by atoms with Gasteiger partial charge in [0.2, 0.25) is 0 Å². The van der Waals surface area contributed by atoms with E-state index in [4.69, 9.17) is 6.42 Å². The number of benzene rings is 1. The Balaban J connectivity index is 2.74. The van der Waals surface area contributed by atoms with E-state index in [2.05, 4.69) is 16.0 Å². The molecule has 0 saturated heterocycles. The lowest BCUT2D eigenvalue weighted by Gasteiger charge is -2.18. The minimum absolute atomic E-state index is 0.111. The summed E-state index contributed by atoms with van der Waals surface area (Å²) in [5, 5.41) is 3.33. The molecular weight excluding hydrogens is 248 g/mol. The Morgan fingerprint density at radius 1 is 1.42 bits per heavy atom. The van der Waals surface area contributed by atoms with Crippen LogP contribution in [0.4, 0.5) is 8.78 Å². The van der Waals surface area contributed by atoms with Crippen molar-refractivity contribution in [2.45, 2.75) is 38.8 Å². The maximum atomic E-state index is 12.2. The van der Waals surface area contributed by atoms with Crippen LogP contribution < -0.4 is 10.1 Å². The van der Waals surface area contributed by atoms with E-state index in [1.807, 2.05) is 13.0 Å². The zero-order valence-electron chi connectivity index (χ0n) is 11.0. The van der Waals surface area contributed by atoms with E-state index in [0.717, 1.165) is 31.4 Å². The van der Waals surface area contributed by atoms with Crippen molar-refractivity contribution >= 4 is 0 Å². The van der Waals surface area contributed by atoms with Crippen LogP contribution >= 0.6 is 0 Å². The molecule has 0 heterocycles. The minimum atomic E-state index is -2.80. The molecule has 4 heteroatoms. The third kappa shape index (κ3) is 5.71. The van der Waals surface area contributed by atoms with Gasteiger partial charge in [-0.05, 0) is 37.1 Å². The van der Waals surface area contributed by atoms with Gasteiger partial charge < -0.3 is 10.1 Å². The fraction of sp³-hybridized carbons (Fsp3) is 0.467. The average molecular weight is 267 g/mol. The van der Waals surface area contributed by atoms with Crippen LogP contribution in [0.5, 0.6) is 5.75 Å². The third-order valence-corrected chi connectivity index (χ3v) is 2.75. The van der Waals surface area contributed by atoms with Gasteiger partial charge in [0, 0.05) is 12.5 Å². The number of terminal acetylenes is 1. The highest BCUT2D eigenvalue weighted by molar-refractivity contribution is 5.30. The van der Waals surface area contributed by atoms with Gasteiger partial charge in [0.25, 0.3) is 0 Å². The first-order valence-electron chi connectivity index (χ1n) is 6.39. The van der Waals surface area contributed by atoms with Gasteiger partial charge in [-0.1, -0.05) is 19.1 Å². The molecule has 0 aliphatic heterocycles. The minimum Gasteiger partial charge on any atom is -0.435 e. The van der Waals surface area contributed by atoms with Gasteiger partial charge in [0.1, 0.15) is 5.75 Å². The van der Waals surface area contributed by atoms with Crippen molar-refractivity contribution in [3.63, 3.8) is 0 Å². The lowest BCUT2D eigenvalue weighted by Crippen LogP contribution is -2.21. The van der Waals surface area contributed by atoms with Crippen molar-refractivity contribution in [3.05, 3.63) is 29.8 Å². The topological polar surface area (TPSA) is 21.3 Å². The van der Waals surface area contributed by atoms with E-state index < -0.39 is 6.61 Å². The van der Waals surface area contributed by atoms with E-state index >= 15 is 0 Å². The highest BCUT2D eigenvalue weighted by Crippen LogP contribution is 2.24. The number of rotatable bonds is 8. The van der Waals surface area contributed by atoms with Crippen molar-refractivity contribution < 1.29 is 13.5 Å². The summed E-state index contributed by atoms with van der Waals surface area (Å²) in [5.74, 6) is 2.79. The molecular formula is C15H19F2NO. The monoisotopic (exact) mass is 267 g/mol. The SMILES string of the molecule is C#CCCCC(NCC)c1cccc(OC(F)F)c1. The molecule has 0 saturated carbocycles. The lowest BCUT2D eigenvalue weighted by molar-refractivity contribution is -0.0499. The maximum Gasteiger partial charge on any atom is 0.387 e. The summed E-state index contributed by atoms with van der Waals surface area (Å²) >= 11 is 0. The molecule has 1 aromatic carbocycles. The number of nitrogens with one attached hydrogen (secondary N) is 1. The van der Waals surface area contributed by atoms with E-state index in [1.165, 1.54) is 6.07 Å². The summed E-state index contributed by atoms with van der Waals surface area (Å²) in [5.41, 5.74) is 0.942. The molecule has 1 rings (SSSR count). The predicted molar refractivity (Wildman–Crippen MR) is 72.2 cm³/mol. The largest absolute Gasteiger partial charge is 0.435 e. The third-order valence-electron chi connectivity index (χ3n) is 2.75. The number of hydrogen-bond donors (Lipinski definition) is 1. The van der Waals surface area contributed by atoms with Gasteiger partial charge in [-0.25, -0.2) is 0 Å². The van der Waals surface area contributed by atoms with Crippen LogP contribution in [0.25, 0.3) is 0 Å². The molecule has 19 heavy (non-hydrogen) atoms. The molecule has 0 radical (unpaired) electrons. The Bertz CT molecular complexity index is 415. The van der Waals surface area contributed by atoms with Crippen molar-refractivity contribution in [1.29, 1.82) is 0 Å². The van der Waals surface area contributed by atoms with Crippen LogP contribution in [0.3, 0.4) is 0 Å². The number of alkyl halides is 2. The zero-order chi connectivity index (χ0) is 14.1. The molecule has 0 bridgehead atoms. The predicted octanol–water partition coefficient (Wildman–Crippen LogP) is 3.74. The van der Waals surface area contributed by atoms with Crippen molar-refractivity contribution in [1.82, 2.24) is 5.32 Å². The summed E-state index contributed by atoms with van der Waals surface area (Å²) in [4.78, 5) is 0. The summed E-state index contributed by atoms with van der Waals surface area (Å²) < 4.78 is 28.8. The molecule has 0 aliphatic rings. The molecule has 2 nitrogen and oxygen atoms in total. The van der Waals surface area contributed by atoms with E-state index in [9.17, 15) is 8.78 Å². The molecule has 0 fully saturated rings. The van der Waals surface area contributed by atoms with Gasteiger partial charge in [-0.15, -0.1) is 12.3 Å². The average Bonchev–Trinajstić information content (AvgIpc) is 2.37. The first kappa shape index (κ1) is 15.5. The summed E-state index contributed by atoms with van der Waals surface area (Å²) in [6, 6.07) is 6.91. The van der Waals surface area contributed by atoms with Crippen molar-refractivity contribution in [2.24, 2.45) is 0 Å². The van der Waals surface area contributed by atoms with Gasteiger partial charge in [-0.2, -0.15) is 8.78 Å². The number of unbranched alkanes of at least 4 members (excludes halogenated alkanes) is 1. The molecule has 1 unspecified atom stereocenters. The van der Waals surface area contributed by atoms with Gasteiger partial charge in [-0.3, -0.25) is 0 Å². The Labute approximate surface area is 113 Å². The fourth-order valence-corrected chi connectivity index (χ4v) is 1.95. The maximum absolute atomic E-state index is 12.2. The number of halogens is 2. The molecule has 1 atom stereocenters. The Kier molecular flexibility index (Phi) is 6.91. The molecule has 0 amide bonds. The number of ether oxygens (including phenoxy) is 1. The zero-order valence-corrected chi connectivity index (χ0v) is 11.0. The Hall–Kier alpha value is -1.60. The van der Waals surface area contributed by atoms with E-state index in [0.29, 0.717) is 0 Å². The first-order chi connectivity index (χ1) is 9.17. The first-order valence-corrected chi connectivity index (χ1v) is 6.39. The Morgan fingerprint density at radius 2 is 2.21 bits per heavy atom. The second-order valence-electron chi connectivity index (χ2n) is 4.16. The lowest BCUT2D eigenvalue weighted by atomic mass is 10.0. The molecule has 0 aromatic heterocycles. The van der Waals surface area contributed by atoms with Gasteiger partial charge in [0.05, 0.1) is 0 Å². The second-order valence-corrected chi connectivity index (χ2v) is 4.16. The van der Waals surface area contributed by atoms with Crippen LogP contribution in [-0.2, 0) is 0 Å². The van der Waals surface area contributed by atoms with E-state index in [-0.39, 0.29) is 11.8 Å². The summed E-state index contributed by atoms with van der Waals surface area (Å²) in [7, 11) is 0. The second kappa shape index (κ2) is 8.49. The van der Waals surface area contributed by atoms with Crippen LogP contribution in [-0.4, -0.2) is 13.2 Å². The van der Waals surface area contributed by atoms with Crippen LogP contribution in [0.15, 0.2) is 24.3 Å². The molecule has 0 aliphatic carbocycles. The summed E-state index contributed by atoms with van der Waals surface area (Å²) in [6.45, 7) is 0.0169. The highest BCUT2D eigenvalue weighted by atomic mass is 19.3. The molecule has 104 valence electrons. The quantitative estimate of drug-likeness (QED) is 0.572. The Morgan fingerprint density at radius 3 is 2.84 bits per heavy atom. The number of hydrogen-bond acceptors (Lipinski definition) is 2. The normalized spacial score (nSPS) is 12.2. The van der Waals surface area contributed by atoms with Crippen molar-refractivity contribution in [2.75, 3.05) is 6.54 Å². The van der Waals surface area contributed by atoms with Crippen molar-refractivity contribution in [3.8, 4) is 18.1 Å². The standard InChI is InChI=1S/C15H19F2NO/c1-3-5-6-10-14(18-4-2)12-8-7-9-13(11-12)19-15(16)17/h1,7-9,11,14-15,18H,4-6,10H2,2H3. The van der Waals surface area contributed by atoms with Crippen LogP contribution in [0.1, 0.15) is 37.8 Å². The van der Waals surface area contributed by atoms with Crippen LogP contribution in [0.2, 0.25) is 0 Å². The molecule has 1 N–H and O–H groups in total. The highest BCUT2D eigenvalue weighted by Gasteiger charge is 2.12. The van der Waals surface area contributed by atoms with Crippen LogP contribution in [0, 0.1) is 12.3 Å². The smallest absolute Gasteiger partial charge is 0.387 e. The molecule has 0 spiro atoms. The van der Waals surface area contributed by atoms with Gasteiger partial charge in [0.15, 0.2) is 0 Å². The van der Waals surface area contributed by atoms with Gasteiger partial charge >= 0.3 is 6.61 Å². The summed E-state index contributed by atoms with van der Waals surface area (Å²) in [6.07, 6.45) is 7.72. The molecule has 1 aromatic rings.